The normalized spacial score (nSPS) is 10.3. The standard InChI is InChI=1S/C13H14N4O3/c1-3-17-11(6-8(2)16-17)12(18)15-9-4-5-10(13(19)20)14-7-9/h4-7H,3H2,1-2H3,(H,15,18)(H,19,20). The van der Waals surface area contributed by atoms with Crippen molar-refractivity contribution in [1.82, 2.24) is 14.8 Å². The summed E-state index contributed by atoms with van der Waals surface area (Å²) in [4.78, 5) is 26.5. The van der Waals surface area contributed by atoms with Crippen LogP contribution in [0.2, 0.25) is 0 Å². The highest BCUT2D eigenvalue weighted by Gasteiger charge is 2.13. The molecule has 7 heteroatoms. The summed E-state index contributed by atoms with van der Waals surface area (Å²) in [5.74, 6) is -1.42. The molecule has 0 atom stereocenters. The first-order valence-electron chi connectivity index (χ1n) is 6.06. The molecular formula is C13H14N4O3. The number of nitrogens with zero attached hydrogens (tertiary/aromatic N) is 3. The molecule has 1 amide bonds. The van der Waals surface area contributed by atoms with E-state index < -0.39 is 5.97 Å². The fraction of sp³-hybridized carbons (Fsp3) is 0.231. The molecule has 0 aliphatic heterocycles. The second-order valence-electron chi connectivity index (χ2n) is 4.18. The molecule has 7 nitrogen and oxygen atoms in total. The number of pyridine rings is 1. The second-order valence-corrected chi connectivity index (χ2v) is 4.18. The monoisotopic (exact) mass is 274 g/mol. The van der Waals surface area contributed by atoms with Crippen molar-refractivity contribution < 1.29 is 14.7 Å². The Bertz CT molecular complexity index is 646. The van der Waals surface area contributed by atoms with Gasteiger partial charge in [0, 0.05) is 6.54 Å². The fourth-order valence-electron chi connectivity index (χ4n) is 1.76. The zero-order valence-corrected chi connectivity index (χ0v) is 11.1. The predicted molar refractivity (Wildman–Crippen MR) is 71.8 cm³/mol. The molecule has 0 saturated carbocycles. The topological polar surface area (TPSA) is 97.1 Å². The molecule has 104 valence electrons. The number of carboxylic acids is 1. The lowest BCUT2D eigenvalue weighted by molar-refractivity contribution is 0.0690. The molecule has 0 unspecified atom stereocenters. The van der Waals surface area contributed by atoms with E-state index in [0.29, 0.717) is 17.9 Å². The summed E-state index contributed by atoms with van der Waals surface area (Å²) < 4.78 is 1.60. The van der Waals surface area contributed by atoms with E-state index >= 15 is 0 Å². The van der Waals surface area contributed by atoms with Gasteiger partial charge < -0.3 is 10.4 Å². The lowest BCUT2D eigenvalue weighted by atomic mass is 10.3. The Morgan fingerprint density at radius 3 is 2.70 bits per heavy atom. The van der Waals surface area contributed by atoms with Gasteiger partial charge in [-0.3, -0.25) is 9.48 Å². The number of hydrogen-bond donors (Lipinski definition) is 2. The van der Waals surface area contributed by atoms with Crippen molar-refractivity contribution in [2.45, 2.75) is 20.4 Å². The van der Waals surface area contributed by atoms with Gasteiger partial charge in [0.25, 0.3) is 5.91 Å². The van der Waals surface area contributed by atoms with Crippen LogP contribution in [0.5, 0.6) is 0 Å². The lowest BCUT2D eigenvalue weighted by Gasteiger charge is -2.06. The van der Waals surface area contributed by atoms with Crippen LogP contribution in [0.4, 0.5) is 5.69 Å². The number of anilines is 1. The van der Waals surface area contributed by atoms with Gasteiger partial charge in [-0.1, -0.05) is 0 Å². The highest BCUT2D eigenvalue weighted by atomic mass is 16.4. The van der Waals surface area contributed by atoms with Gasteiger partial charge in [0.15, 0.2) is 0 Å². The first-order valence-corrected chi connectivity index (χ1v) is 6.06. The minimum Gasteiger partial charge on any atom is -0.477 e. The number of aromatic nitrogens is 3. The number of amides is 1. The Hall–Kier alpha value is -2.70. The summed E-state index contributed by atoms with van der Waals surface area (Å²) in [7, 11) is 0. The van der Waals surface area contributed by atoms with E-state index in [1.165, 1.54) is 18.3 Å². The van der Waals surface area contributed by atoms with Crippen LogP contribution >= 0.6 is 0 Å². The number of carbonyl (C=O) groups excluding carboxylic acids is 1. The van der Waals surface area contributed by atoms with Gasteiger partial charge >= 0.3 is 5.97 Å². The van der Waals surface area contributed by atoms with Crippen LogP contribution in [0.3, 0.4) is 0 Å². The first kappa shape index (κ1) is 13.7. The van der Waals surface area contributed by atoms with E-state index in [9.17, 15) is 9.59 Å². The number of carbonyl (C=O) groups is 2. The van der Waals surface area contributed by atoms with Crippen molar-refractivity contribution >= 4 is 17.6 Å². The third-order valence-corrected chi connectivity index (χ3v) is 2.67. The summed E-state index contributed by atoms with van der Waals surface area (Å²) in [5.41, 5.74) is 1.57. The molecule has 0 fully saturated rings. The number of rotatable bonds is 4. The fourth-order valence-corrected chi connectivity index (χ4v) is 1.76. The van der Waals surface area contributed by atoms with Crippen LogP contribution in [0, 0.1) is 6.92 Å². The summed E-state index contributed by atoms with van der Waals surface area (Å²) in [6.45, 7) is 4.30. The minimum atomic E-state index is -1.11. The van der Waals surface area contributed by atoms with Crippen molar-refractivity contribution in [1.29, 1.82) is 0 Å². The van der Waals surface area contributed by atoms with Crippen LogP contribution in [-0.4, -0.2) is 31.7 Å². The van der Waals surface area contributed by atoms with Gasteiger partial charge in [-0.25, -0.2) is 9.78 Å². The molecule has 2 aromatic heterocycles. The smallest absolute Gasteiger partial charge is 0.354 e. The molecule has 0 aliphatic carbocycles. The largest absolute Gasteiger partial charge is 0.477 e. The lowest BCUT2D eigenvalue weighted by Crippen LogP contribution is -2.17. The Balaban J connectivity index is 2.16. The third-order valence-electron chi connectivity index (χ3n) is 2.67. The van der Waals surface area contributed by atoms with Crippen molar-refractivity contribution in [2.24, 2.45) is 0 Å². The van der Waals surface area contributed by atoms with Gasteiger partial charge in [0.05, 0.1) is 17.6 Å². The molecule has 2 rings (SSSR count). The molecule has 0 radical (unpaired) electrons. The minimum absolute atomic E-state index is 0.0718. The maximum atomic E-state index is 12.1. The molecule has 2 heterocycles. The highest BCUT2D eigenvalue weighted by Crippen LogP contribution is 2.10. The maximum Gasteiger partial charge on any atom is 0.354 e. The van der Waals surface area contributed by atoms with Crippen molar-refractivity contribution in [3.05, 3.63) is 41.5 Å². The first-order chi connectivity index (χ1) is 9.51. The van der Waals surface area contributed by atoms with Crippen molar-refractivity contribution in [2.75, 3.05) is 5.32 Å². The van der Waals surface area contributed by atoms with E-state index in [1.807, 2.05) is 13.8 Å². The van der Waals surface area contributed by atoms with Gasteiger partial charge in [-0.2, -0.15) is 5.10 Å². The van der Waals surface area contributed by atoms with Crippen molar-refractivity contribution in [3.63, 3.8) is 0 Å². The summed E-state index contributed by atoms with van der Waals surface area (Å²) in [6.07, 6.45) is 1.31. The van der Waals surface area contributed by atoms with Crippen LogP contribution in [-0.2, 0) is 6.54 Å². The van der Waals surface area contributed by atoms with Crippen LogP contribution in [0.1, 0.15) is 33.6 Å². The highest BCUT2D eigenvalue weighted by molar-refractivity contribution is 6.03. The summed E-state index contributed by atoms with van der Waals surface area (Å²) in [6, 6.07) is 4.52. The number of aromatic carboxylic acids is 1. The van der Waals surface area contributed by atoms with Crippen LogP contribution < -0.4 is 5.32 Å². The van der Waals surface area contributed by atoms with Gasteiger partial charge in [-0.15, -0.1) is 0 Å². The van der Waals surface area contributed by atoms with E-state index in [-0.39, 0.29) is 11.6 Å². The number of carboxylic acid groups (broad SMARTS) is 1. The SMILES string of the molecule is CCn1nc(C)cc1C(=O)Nc1ccc(C(=O)O)nc1. The number of aryl methyl sites for hydroxylation is 2. The Morgan fingerprint density at radius 1 is 1.40 bits per heavy atom. The van der Waals surface area contributed by atoms with E-state index in [1.54, 1.807) is 10.7 Å². The zero-order valence-electron chi connectivity index (χ0n) is 11.1. The maximum absolute atomic E-state index is 12.1. The summed E-state index contributed by atoms with van der Waals surface area (Å²) in [5, 5.41) is 15.6. The van der Waals surface area contributed by atoms with Crippen LogP contribution in [0.15, 0.2) is 24.4 Å². The van der Waals surface area contributed by atoms with Gasteiger partial charge in [-0.05, 0) is 32.0 Å². The zero-order chi connectivity index (χ0) is 14.7. The van der Waals surface area contributed by atoms with E-state index in [2.05, 4.69) is 15.4 Å². The molecule has 20 heavy (non-hydrogen) atoms. The quantitative estimate of drug-likeness (QED) is 0.881. The van der Waals surface area contributed by atoms with Crippen molar-refractivity contribution in [3.8, 4) is 0 Å². The van der Waals surface area contributed by atoms with E-state index in [0.717, 1.165) is 5.69 Å². The average Bonchev–Trinajstić information content (AvgIpc) is 2.80. The second kappa shape index (κ2) is 5.52. The molecule has 0 bridgehead atoms. The molecule has 0 saturated heterocycles. The molecule has 0 aliphatic rings. The molecule has 0 spiro atoms. The molecular weight excluding hydrogens is 260 g/mol. The Morgan fingerprint density at radius 2 is 2.15 bits per heavy atom. The number of hydrogen-bond acceptors (Lipinski definition) is 4. The molecule has 2 aromatic rings. The average molecular weight is 274 g/mol. The Kier molecular flexibility index (Phi) is 3.79. The summed E-state index contributed by atoms with van der Waals surface area (Å²) >= 11 is 0. The third kappa shape index (κ3) is 2.82. The predicted octanol–water partition coefficient (Wildman–Crippen LogP) is 1.56. The van der Waals surface area contributed by atoms with Crippen LogP contribution in [0.25, 0.3) is 0 Å². The molecule has 2 N–H and O–H groups in total. The van der Waals surface area contributed by atoms with Gasteiger partial charge in [0.2, 0.25) is 0 Å². The molecule has 0 aromatic carbocycles. The van der Waals surface area contributed by atoms with Gasteiger partial charge in [0.1, 0.15) is 11.4 Å². The number of nitrogens with one attached hydrogen (secondary N) is 1. The van der Waals surface area contributed by atoms with E-state index in [4.69, 9.17) is 5.11 Å². The Labute approximate surface area is 115 Å².